The van der Waals surface area contributed by atoms with E-state index in [4.69, 9.17) is 0 Å². The van der Waals surface area contributed by atoms with Crippen LogP contribution in [0.2, 0.25) is 5.82 Å². The molecule has 208 valence electrons. The Labute approximate surface area is 243 Å². The highest BCUT2D eigenvalue weighted by Crippen LogP contribution is 2.33. The van der Waals surface area contributed by atoms with Crippen LogP contribution in [0.3, 0.4) is 0 Å². The molecule has 6 rings (SSSR count). The molecule has 0 atom stereocenters. The Morgan fingerprint density at radius 1 is 0.700 bits per heavy atom. The first-order valence-electron chi connectivity index (χ1n) is 16.0. The largest absolute Gasteiger partial charge is 0.303 e. The van der Waals surface area contributed by atoms with Crippen molar-refractivity contribution in [3.63, 3.8) is 0 Å². The van der Waals surface area contributed by atoms with Crippen LogP contribution in [-0.4, -0.2) is 16.3 Å². The SMILES string of the molecule is CCCCc1cncn1-c1ccc(C2CCCCC2)cc1.c1ccc(B(c2ccccc2)C2CCCCC2)cc1. The maximum atomic E-state index is 4.33. The van der Waals surface area contributed by atoms with Gasteiger partial charge in [0.2, 0.25) is 6.71 Å². The summed E-state index contributed by atoms with van der Waals surface area (Å²) in [5.74, 6) is 1.61. The Hall–Kier alpha value is -3.07. The molecule has 0 radical (unpaired) electrons. The van der Waals surface area contributed by atoms with Crippen molar-refractivity contribution in [2.75, 3.05) is 0 Å². The van der Waals surface area contributed by atoms with Crippen molar-refractivity contribution in [1.29, 1.82) is 0 Å². The van der Waals surface area contributed by atoms with Crippen LogP contribution in [0.4, 0.5) is 0 Å². The molecule has 2 fully saturated rings. The van der Waals surface area contributed by atoms with Gasteiger partial charge in [-0.05, 0) is 49.3 Å². The molecular weight excluding hydrogens is 483 g/mol. The van der Waals surface area contributed by atoms with E-state index in [-0.39, 0.29) is 0 Å². The van der Waals surface area contributed by atoms with Gasteiger partial charge in [-0.15, -0.1) is 0 Å². The Morgan fingerprint density at radius 3 is 1.85 bits per heavy atom. The van der Waals surface area contributed by atoms with Crippen molar-refractivity contribution < 1.29 is 0 Å². The van der Waals surface area contributed by atoms with Gasteiger partial charge in [0.25, 0.3) is 0 Å². The van der Waals surface area contributed by atoms with Crippen molar-refractivity contribution in [2.24, 2.45) is 0 Å². The van der Waals surface area contributed by atoms with Gasteiger partial charge in [-0.25, -0.2) is 4.98 Å². The normalized spacial score (nSPS) is 16.2. The van der Waals surface area contributed by atoms with Crippen LogP contribution in [0.15, 0.2) is 97.5 Å². The zero-order chi connectivity index (χ0) is 27.4. The molecule has 2 aliphatic carbocycles. The Morgan fingerprint density at radius 2 is 1.27 bits per heavy atom. The minimum absolute atomic E-state index is 0.586. The second-order valence-electron chi connectivity index (χ2n) is 12.0. The molecule has 3 heteroatoms. The number of nitrogens with zero attached hydrogens (tertiary/aromatic N) is 2. The van der Waals surface area contributed by atoms with E-state index in [0.29, 0.717) is 6.71 Å². The predicted octanol–water partition coefficient (Wildman–Crippen LogP) is 8.89. The molecule has 0 spiro atoms. The van der Waals surface area contributed by atoms with Crippen molar-refractivity contribution in [2.45, 2.75) is 102 Å². The maximum Gasteiger partial charge on any atom is 0.212 e. The molecule has 4 aromatic rings. The van der Waals surface area contributed by atoms with Crippen LogP contribution in [0.1, 0.15) is 101 Å². The maximum absolute atomic E-state index is 4.33. The quantitative estimate of drug-likeness (QED) is 0.208. The summed E-state index contributed by atoms with van der Waals surface area (Å²) in [6.45, 7) is 2.82. The summed E-state index contributed by atoms with van der Waals surface area (Å²) < 4.78 is 2.24. The Kier molecular flexibility index (Phi) is 10.7. The van der Waals surface area contributed by atoms with Gasteiger partial charge >= 0.3 is 0 Å². The fraction of sp³-hybridized carbons (Fsp3) is 0.432. The zero-order valence-corrected chi connectivity index (χ0v) is 24.6. The molecule has 3 aromatic carbocycles. The monoisotopic (exact) mass is 530 g/mol. The molecular formula is C37H47BN2. The molecule has 0 aliphatic heterocycles. The van der Waals surface area contributed by atoms with Crippen molar-refractivity contribution in [3.05, 3.63) is 109 Å². The molecule has 2 saturated carbocycles. The lowest BCUT2D eigenvalue weighted by atomic mass is 9.32. The van der Waals surface area contributed by atoms with Gasteiger partial charge in [0, 0.05) is 17.6 Å². The van der Waals surface area contributed by atoms with Crippen LogP contribution in [0.25, 0.3) is 5.69 Å². The summed E-state index contributed by atoms with van der Waals surface area (Å²) in [7, 11) is 0. The Balaban J connectivity index is 0.000000162. The molecule has 1 aromatic heterocycles. The predicted molar refractivity (Wildman–Crippen MR) is 173 cm³/mol. The number of imidazole rings is 1. The van der Waals surface area contributed by atoms with Gasteiger partial charge in [-0.3, -0.25) is 0 Å². The molecule has 0 unspecified atom stereocenters. The lowest BCUT2D eigenvalue weighted by molar-refractivity contribution is 0.443. The highest BCUT2D eigenvalue weighted by Gasteiger charge is 2.29. The molecule has 0 bridgehead atoms. The van der Waals surface area contributed by atoms with Crippen molar-refractivity contribution in [3.8, 4) is 5.69 Å². The van der Waals surface area contributed by atoms with Crippen LogP contribution >= 0.6 is 0 Å². The molecule has 2 nitrogen and oxygen atoms in total. The van der Waals surface area contributed by atoms with Gasteiger partial charge in [0.05, 0.1) is 6.33 Å². The molecule has 40 heavy (non-hydrogen) atoms. The smallest absolute Gasteiger partial charge is 0.212 e. The van der Waals surface area contributed by atoms with Gasteiger partial charge < -0.3 is 4.57 Å². The van der Waals surface area contributed by atoms with Crippen LogP contribution < -0.4 is 10.9 Å². The van der Waals surface area contributed by atoms with Gasteiger partial charge in [0.15, 0.2) is 0 Å². The van der Waals surface area contributed by atoms with E-state index in [1.165, 1.54) is 105 Å². The molecule has 0 N–H and O–H groups in total. The first-order chi connectivity index (χ1) is 19.8. The highest BCUT2D eigenvalue weighted by molar-refractivity contribution is 6.86. The van der Waals surface area contributed by atoms with Crippen molar-refractivity contribution in [1.82, 2.24) is 9.55 Å². The second kappa shape index (κ2) is 15.1. The number of aromatic nitrogens is 2. The lowest BCUT2D eigenvalue weighted by Gasteiger charge is -2.28. The van der Waals surface area contributed by atoms with Crippen LogP contribution in [0.5, 0.6) is 0 Å². The highest BCUT2D eigenvalue weighted by atomic mass is 15.0. The third kappa shape index (κ3) is 7.56. The fourth-order valence-electron chi connectivity index (χ4n) is 6.97. The molecule has 1 heterocycles. The third-order valence-corrected chi connectivity index (χ3v) is 9.19. The van der Waals surface area contributed by atoms with E-state index in [2.05, 4.69) is 101 Å². The number of hydrogen-bond acceptors (Lipinski definition) is 1. The Bertz CT molecular complexity index is 1200. The van der Waals surface area contributed by atoms with E-state index < -0.39 is 0 Å². The first kappa shape index (κ1) is 28.5. The van der Waals surface area contributed by atoms with Crippen molar-refractivity contribution >= 4 is 17.6 Å². The summed E-state index contributed by atoms with van der Waals surface area (Å²) in [5, 5.41) is 0. The molecule has 2 aliphatic rings. The van der Waals surface area contributed by atoms with E-state index in [1.54, 1.807) is 0 Å². The summed E-state index contributed by atoms with van der Waals surface area (Å²) in [6, 6.07) is 31.3. The number of benzene rings is 3. The number of rotatable bonds is 8. The standard InChI is InChI=1S/C19H26N2.C18H21B/c1-2-3-9-19-14-20-15-21(19)18-12-10-17(11-13-18)16-7-5-4-6-8-16;1-4-10-16(11-5-1)19(17-12-6-2-7-13-17)18-14-8-3-9-15-18/h10-16H,2-9H2,1H3;1-2,4-7,10-13,18H,3,8-9,14-15H2. The average molecular weight is 531 g/mol. The van der Waals surface area contributed by atoms with E-state index in [9.17, 15) is 0 Å². The summed E-state index contributed by atoms with van der Waals surface area (Å²) in [4.78, 5) is 4.33. The number of aryl methyl sites for hydroxylation is 1. The van der Waals surface area contributed by atoms with Crippen LogP contribution in [0, 0.1) is 0 Å². The van der Waals surface area contributed by atoms with E-state index >= 15 is 0 Å². The molecule has 0 amide bonds. The lowest BCUT2D eigenvalue weighted by Crippen LogP contribution is -2.46. The molecule has 0 saturated heterocycles. The average Bonchev–Trinajstić information content (AvgIpc) is 3.51. The number of hydrogen-bond donors (Lipinski definition) is 0. The first-order valence-corrected chi connectivity index (χ1v) is 16.0. The minimum atomic E-state index is 0.586. The summed E-state index contributed by atoms with van der Waals surface area (Å²) in [6.07, 6.45) is 21.5. The minimum Gasteiger partial charge on any atom is -0.303 e. The second-order valence-corrected chi connectivity index (χ2v) is 12.0. The van der Waals surface area contributed by atoms with Gasteiger partial charge in [-0.2, -0.15) is 0 Å². The topological polar surface area (TPSA) is 17.8 Å². The van der Waals surface area contributed by atoms with Gasteiger partial charge in [0.1, 0.15) is 0 Å². The van der Waals surface area contributed by atoms with E-state index in [0.717, 1.165) is 18.2 Å². The number of unbranched alkanes of at least 4 members (excludes halogenated alkanes) is 1. The van der Waals surface area contributed by atoms with E-state index in [1.807, 2.05) is 12.5 Å². The van der Waals surface area contributed by atoms with Crippen LogP contribution in [-0.2, 0) is 6.42 Å². The van der Waals surface area contributed by atoms with Gasteiger partial charge in [-0.1, -0.05) is 154 Å². The summed E-state index contributed by atoms with van der Waals surface area (Å²) in [5.41, 5.74) is 7.07. The third-order valence-electron chi connectivity index (χ3n) is 9.19. The zero-order valence-electron chi connectivity index (χ0n) is 24.6. The summed E-state index contributed by atoms with van der Waals surface area (Å²) >= 11 is 0. The fourth-order valence-corrected chi connectivity index (χ4v) is 6.97.